The van der Waals surface area contributed by atoms with Crippen molar-refractivity contribution in [3.63, 3.8) is 0 Å². The molecule has 2 rings (SSSR count). The summed E-state index contributed by atoms with van der Waals surface area (Å²) in [5.41, 5.74) is 1.34. The minimum absolute atomic E-state index is 0. The lowest BCUT2D eigenvalue weighted by Crippen LogP contribution is -2.40. The highest BCUT2D eigenvalue weighted by atomic mass is 127. The van der Waals surface area contributed by atoms with Crippen molar-refractivity contribution in [2.45, 2.75) is 19.3 Å². The molecule has 7 heteroatoms. The number of rotatable bonds is 5. The third-order valence-electron chi connectivity index (χ3n) is 3.58. The minimum atomic E-state index is 0. The number of hydrogen-bond acceptors (Lipinski definition) is 3. The predicted octanol–water partition coefficient (Wildman–Crippen LogP) is 2.16. The Balaban J connectivity index is 0.00000220. The maximum absolute atomic E-state index is 4.71. The second-order valence-electron chi connectivity index (χ2n) is 5.11. The largest absolute Gasteiger partial charge is 0.357 e. The Bertz CT molecular complexity index is 448. The van der Waals surface area contributed by atoms with Gasteiger partial charge in [0, 0.05) is 44.5 Å². The molecule has 1 aliphatic rings. The number of aromatic nitrogens is 2. The van der Waals surface area contributed by atoms with Gasteiger partial charge in [-0.3, -0.25) is 9.67 Å². The van der Waals surface area contributed by atoms with Crippen molar-refractivity contribution in [2.75, 3.05) is 38.2 Å². The van der Waals surface area contributed by atoms with E-state index < -0.39 is 0 Å². The van der Waals surface area contributed by atoms with Crippen LogP contribution in [0.2, 0.25) is 0 Å². The molecule has 0 spiro atoms. The van der Waals surface area contributed by atoms with Gasteiger partial charge in [-0.15, -0.1) is 24.0 Å². The smallest absolute Gasteiger partial charge is 0.193 e. The maximum Gasteiger partial charge on any atom is 0.193 e. The zero-order valence-electron chi connectivity index (χ0n) is 13.1. The first-order chi connectivity index (χ1) is 9.74. The number of nitrogens with zero attached hydrogens (tertiary/aromatic N) is 4. The summed E-state index contributed by atoms with van der Waals surface area (Å²) in [6, 6.07) is 0. The normalized spacial score (nSPS) is 18.7. The Morgan fingerprint density at radius 3 is 3.00 bits per heavy atom. The average Bonchev–Trinajstić information content (AvgIpc) is 3.06. The van der Waals surface area contributed by atoms with Crippen LogP contribution in [0.5, 0.6) is 0 Å². The molecule has 1 aromatic heterocycles. The fraction of sp³-hybridized carbons (Fsp3) is 0.714. The number of nitrogens with one attached hydrogen (secondary N) is 1. The molecule has 1 saturated heterocycles. The van der Waals surface area contributed by atoms with Crippen LogP contribution in [-0.4, -0.2) is 58.8 Å². The van der Waals surface area contributed by atoms with Gasteiger partial charge in [-0.2, -0.15) is 16.9 Å². The topological polar surface area (TPSA) is 45.5 Å². The van der Waals surface area contributed by atoms with Gasteiger partial charge in [-0.25, -0.2) is 0 Å². The first kappa shape index (κ1) is 18.6. The lowest BCUT2D eigenvalue weighted by molar-refractivity contribution is 0.487. The summed E-state index contributed by atoms with van der Waals surface area (Å²) in [7, 11) is 1.98. The molecule has 0 amide bonds. The van der Waals surface area contributed by atoms with Crippen LogP contribution < -0.4 is 5.32 Å². The lowest BCUT2D eigenvalue weighted by atomic mass is 10.0. The highest BCUT2D eigenvalue weighted by molar-refractivity contribution is 14.0. The highest BCUT2D eigenvalue weighted by Gasteiger charge is 2.26. The summed E-state index contributed by atoms with van der Waals surface area (Å²) in [4.78, 5) is 7.08. The Hall–Kier alpha value is -0.440. The van der Waals surface area contributed by atoms with Crippen LogP contribution in [0.4, 0.5) is 0 Å². The highest BCUT2D eigenvalue weighted by Crippen LogP contribution is 2.26. The van der Waals surface area contributed by atoms with Gasteiger partial charge in [0.1, 0.15) is 0 Å². The summed E-state index contributed by atoms with van der Waals surface area (Å²) in [6.45, 7) is 6.05. The van der Waals surface area contributed by atoms with Crippen LogP contribution in [0.15, 0.2) is 17.4 Å². The Labute approximate surface area is 149 Å². The zero-order chi connectivity index (χ0) is 14.4. The molecule has 1 N–H and O–H groups in total. The summed E-state index contributed by atoms with van der Waals surface area (Å²) < 4.78 is 1.88. The predicted molar refractivity (Wildman–Crippen MR) is 102 cm³/mol. The van der Waals surface area contributed by atoms with Crippen molar-refractivity contribution in [3.05, 3.63) is 18.0 Å². The van der Waals surface area contributed by atoms with Crippen molar-refractivity contribution >= 4 is 41.7 Å². The maximum atomic E-state index is 4.71. The van der Waals surface area contributed by atoms with Gasteiger partial charge in [0.2, 0.25) is 0 Å². The molecule has 0 radical (unpaired) electrons. The van der Waals surface area contributed by atoms with Crippen molar-refractivity contribution in [1.29, 1.82) is 0 Å². The quantitative estimate of drug-likeness (QED) is 0.341. The van der Waals surface area contributed by atoms with Gasteiger partial charge < -0.3 is 10.2 Å². The second-order valence-corrected chi connectivity index (χ2v) is 6.09. The van der Waals surface area contributed by atoms with E-state index in [1.807, 2.05) is 29.7 Å². The fourth-order valence-corrected chi connectivity index (χ4v) is 2.82. The molecule has 5 nitrogen and oxygen atoms in total. The van der Waals surface area contributed by atoms with E-state index in [0.717, 1.165) is 37.9 Å². The van der Waals surface area contributed by atoms with Crippen molar-refractivity contribution in [3.8, 4) is 0 Å². The van der Waals surface area contributed by atoms with Crippen LogP contribution in [-0.2, 0) is 7.05 Å². The molecule has 0 aromatic carbocycles. The van der Waals surface area contributed by atoms with Gasteiger partial charge in [-0.05, 0) is 25.2 Å². The summed E-state index contributed by atoms with van der Waals surface area (Å²) in [5.74, 6) is 2.72. The monoisotopic (exact) mass is 423 g/mol. The van der Waals surface area contributed by atoms with E-state index in [4.69, 9.17) is 4.99 Å². The Morgan fingerprint density at radius 2 is 2.38 bits per heavy atom. The molecule has 0 saturated carbocycles. The summed E-state index contributed by atoms with van der Waals surface area (Å²) >= 11 is 1.84. The van der Waals surface area contributed by atoms with Gasteiger partial charge in [0.05, 0.1) is 12.7 Å². The number of likely N-dealkylation sites (tertiary alicyclic amines) is 1. The van der Waals surface area contributed by atoms with Gasteiger partial charge in [-0.1, -0.05) is 0 Å². The molecule has 1 unspecified atom stereocenters. The zero-order valence-corrected chi connectivity index (χ0v) is 16.2. The Kier molecular flexibility index (Phi) is 8.46. The summed E-state index contributed by atoms with van der Waals surface area (Å²) in [5, 5.41) is 7.68. The van der Waals surface area contributed by atoms with Gasteiger partial charge >= 0.3 is 0 Å². The van der Waals surface area contributed by atoms with Crippen LogP contribution in [0.1, 0.15) is 24.8 Å². The molecule has 1 aliphatic heterocycles. The third-order valence-corrected chi connectivity index (χ3v) is 4.17. The lowest BCUT2D eigenvalue weighted by Gasteiger charge is -2.21. The molecule has 0 aliphatic carbocycles. The minimum Gasteiger partial charge on any atom is -0.357 e. The van der Waals surface area contributed by atoms with E-state index in [0.29, 0.717) is 5.92 Å². The average molecular weight is 423 g/mol. The fourth-order valence-electron chi connectivity index (χ4n) is 2.54. The molecule has 1 aromatic rings. The third kappa shape index (κ3) is 5.36. The van der Waals surface area contributed by atoms with Crippen molar-refractivity contribution < 1.29 is 0 Å². The van der Waals surface area contributed by atoms with Crippen LogP contribution in [0.25, 0.3) is 0 Å². The molecular weight excluding hydrogens is 397 g/mol. The second kappa shape index (κ2) is 9.55. The molecule has 2 heterocycles. The molecule has 21 heavy (non-hydrogen) atoms. The SMILES string of the molecule is CCNC(=NCCSC)N1CCC(c2cnn(C)c2)C1.I. The summed E-state index contributed by atoms with van der Waals surface area (Å²) in [6.07, 6.45) is 7.42. The van der Waals surface area contributed by atoms with Gasteiger partial charge in [0.15, 0.2) is 5.96 Å². The Morgan fingerprint density at radius 1 is 1.57 bits per heavy atom. The number of halogens is 1. The number of aryl methyl sites for hydroxylation is 1. The molecule has 1 fully saturated rings. The van der Waals surface area contributed by atoms with E-state index in [2.05, 4.69) is 34.7 Å². The molecule has 120 valence electrons. The first-order valence-electron chi connectivity index (χ1n) is 7.25. The molecular formula is C14H26IN5S. The molecule has 0 bridgehead atoms. The van der Waals surface area contributed by atoms with E-state index in [1.54, 1.807) is 0 Å². The first-order valence-corrected chi connectivity index (χ1v) is 8.64. The van der Waals surface area contributed by atoms with Crippen LogP contribution >= 0.6 is 35.7 Å². The number of guanidine groups is 1. The van der Waals surface area contributed by atoms with E-state index in [9.17, 15) is 0 Å². The van der Waals surface area contributed by atoms with E-state index in [1.165, 1.54) is 12.0 Å². The van der Waals surface area contributed by atoms with Gasteiger partial charge in [0.25, 0.3) is 0 Å². The van der Waals surface area contributed by atoms with E-state index in [-0.39, 0.29) is 24.0 Å². The van der Waals surface area contributed by atoms with Crippen molar-refractivity contribution in [1.82, 2.24) is 20.0 Å². The van der Waals surface area contributed by atoms with Crippen molar-refractivity contribution in [2.24, 2.45) is 12.0 Å². The van der Waals surface area contributed by atoms with E-state index >= 15 is 0 Å². The van der Waals surface area contributed by atoms with Crippen LogP contribution in [0, 0.1) is 0 Å². The number of thioether (sulfide) groups is 1. The standard InChI is InChI=1S/C14H25N5S.HI/c1-4-15-14(16-6-8-20-3)19-7-5-12(11-19)13-9-17-18(2)10-13;/h9-10,12H,4-8,11H2,1-3H3,(H,15,16);1H. The molecule has 1 atom stereocenters. The number of hydrogen-bond donors (Lipinski definition) is 1. The van der Waals surface area contributed by atoms with Crippen LogP contribution in [0.3, 0.4) is 0 Å². The number of aliphatic imine (C=N–C) groups is 1.